The standard InChI is InChI=1S/C12H18N4O3S/c13-20(18,19)16-11-5-1-4-10(7-11)15-12(17)9-3-2-6-14-8-9/h1,4-5,7,9,14,16H,2-3,6,8H2,(H,15,17)(H2,13,18,19)/t9-/m1/s1. The number of amides is 1. The fourth-order valence-corrected chi connectivity index (χ4v) is 2.60. The van der Waals surface area contributed by atoms with Gasteiger partial charge in [-0.2, -0.15) is 8.42 Å². The van der Waals surface area contributed by atoms with E-state index in [0.717, 1.165) is 19.4 Å². The second-order valence-corrected chi connectivity index (χ2v) is 6.05. The minimum Gasteiger partial charge on any atom is -0.326 e. The molecule has 1 heterocycles. The highest BCUT2D eigenvalue weighted by molar-refractivity contribution is 7.90. The van der Waals surface area contributed by atoms with Crippen LogP contribution in [0.2, 0.25) is 0 Å². The highest BCUT2D eigenvalue weighted by atomic mass is 32.2. The van der Waals surface area contributed by atoms with Crippen molar-refractivity contribution in [1.29, 1.82) is 0 Å². The average Bonchev–Trinajstić information content (AvgIpc) is 2.38. The number of rotatable bonds is 4. The van der Waals surface area contributed by atoms with Gasteiger partial charge in [0.1, 0.15) is 0 Å². The molecule has 7 nitrogen and oxygen atoms in total. The fraction of sp³-hybridized carbons (Fsp3) is 0.417. The van der Waals surface area contributed by atoms with Crippen LogP contribution in [0, 0.1) is 5.92 Å². The minimum absolute atomic E-state index is 0.0568. The van der Waals surface area contributed by atoms with Crippen molar-refractivity contribution < 1.29 is 13.2 Å². The summed E-state index contributed by atoms with van der Waals surface area (Å²) >= 11 is 0. The summed E-state index contributed by atoms with van der Waals surface area (Å²) in [6.45, 7) is 1.61. The lowest BCUT2D eigenvalue weighted by atomic mass is 9.99. The van der Waals surface area contributed by atoms with Crippen LogP contribution in [-0.4, -0.2) is 27.4 Å². The lowest BCUT2D eigenvalue weighted by molar-refractivity contribution is -0.120. The summed E-state index contributed by atoms with van der Waals surface area (Å²) in [4.78, 5) is 12.0. The third-order valence-corrected chi connectivity index (χ3v) is 3.58. The Morgan fingerprint density at radius 3 is 2.75 bits per heavy atom. The third-order valence-electron chi connectivity index (χ3n) is 3.06. The van der Waals surface area contributed by atoms with E-state index in [1.807, 2.05) is 0 Å². The summed E-state index contributed by atoms with van der Waals surface area (Å²) < 4.78 is 24.1. The van der Waals surface area contributed by atoms with E-state index in [2.05, 4.69) is 15.4 Å². The molecule has 1 aliphatic rings. The second kappa shape index (κ2) is 6.21. The Labute approximate surface area is 118 Å². The largest absolute Gasteiger partial charge is 0.326 e. The Morgan fingerprint density at radius 2 is 2.10 bits per heavy atom. The Kier molecular flexibility index (Phi) is 4.58. The predicted molar refractivity (Wildman–Crippen MR) is 77.4 cm³/mol. The maximum atomic E-state index is 12.0. The minimum atomic E-state index is -3.82. The van der Waals surface area contributed by atoms with E-state index in [9.17, 15) is 13.2 Å². The maximum Gasteiger partial charge on any atom is 0.296 e. The smallest absolute Gasteiger partial charge is 0.296 e. The molecule has 1 aromatic rings. The quantitative estimate of drug-likeness (QED) is 0.637. The van der Waals surface area contributed by atoms with Crippen molar-refractivity contribution in [2.75, 3.05) is 23.1 Å². The van der Waals surface area contributed by atoms with Crippen molar-refractivity contribution in [2.24, 2.45) is 11.1 Å². The van der Waals surface area contributed by atoms with Gasteiger partial charge >= 0.3 is 0 Å². The molecule has 0 spiro atoms. The van der Waals surface area contributed by atoms with Crippen LogP contribution in [0.5, 0.6) is 0 Å². The number of anilines is 2. The summed E-state index contributed by atoms with van der Waals surface area (Å²) in [6.07, 6.45) is 1.83. The number of hydrogen-bond donors (Lipinski definition) is 4. The summed E-state index contributed by atoms with van der Waals surface area (Å²) in [6, 6.07) is 6.42. The zero-order chi connectivity index (χ0) is 14.6. The molecule has 1 aromatic carbocycles. The molecular weight excluding hydrogens is 280 g/mol. The van der Waals surface area contributed by atoms with E-state index in [4.69, 9.17) is 5.14 Å². The van der Waals surface area contributed by atoms with Gasteiger partial charge in [-0.3, -0.25) is 9.52 Å². The zero-order valence-corrected chi connectivity index (χ0v) is 11.7. The number of carbonyl (C=O) groups is 1. The van der Waals surface area contributed by atoms with Crippen LogP contribution < -0.4 is 20.5 Å². The first-order valence-electron chi connectivity index (χ1n) is 6.36. The first-order chi connectivity index (χ1) is 9.44. The summed E-state index contributed by atoms with van der Waals surface area (Å²) in [5, 5.41) is 10.9. The van der Waals surface area contributed by atoms with Crippen molar-refractivity contribution in [3.05, 3.63) is 24.3 Å². The average molecular weight is 298 g/mol. The van der Waals surface area contributed by atoms with Gasteiger partial charge in [0.05, 0.1) is 11.6 Å². The molecule has 110 valence electrons. The molecule has 1 atom stereocenters. The molecule has 1 saturated heterocycles. The van der Waals surface area contributed by atoms with Crippen LogP contribution in [0.15, 0.2) is 24.3 Å². The number of nitrogens with two attached hydrogens (primary N) is 1. The van der Waals surface area contributed by atoms with Gasteiger partial charge in [-0.1, -0.05) is 6.07 Å². The second-order valence-electron chi connectivity index (χ2n) is 4.76. The molecule has 0 bridgehead atoms. The van der Waals surface area contributed by atoms with Gasteiger partial charge < -0.3 is 10.6 Å². The van der Waals surface area contributed by atoms with E-state index in [1.54, 1.807) is 18.2 Å². The van der Waals surface area contributed by atoms with Crippen LogP contribution in [0.1, 0.15) is 12.8 Å². The lowest BCUT2D eigenvalue weighted by Gasteiger charge is -2.22. The van der Waals surface area contributed by atoms with E-state index in [0.29, 0.717) is 17.9 Å². The topological polar surface area (TPSA) is 113 Å². The van der Waals surface area contributed by atoms with Crippen LogP contribution in [-0.2, 0) is 15.0 Å². The first-order valence-corrected chi connectivity index (χ1v) is 7.91. The molecule has 0 saturated carbocycles. The molecule has 1 aliphatic heterocycles. The van der Waals surface area contributed by atoms with Gasteiger partial charge in [-0.25, -0.2) is 5.14 Å². The molecule has 0 radical (unpaired) electrons. The molecule has 1 amide bonds. The molecule has 0 aliphatic carbocycles. The normalized spacial score (nSPS) is 19.4. The van der Waals surface area contributed by atoms with Gasteiger partial charge in [0.15, 0.2) is 0 Å². The summed E-state index contributed by atoms with van der Waals surface area (Å²) in [5.41, 5.74) is 0.848. The van der Waals surface area contributed by atoms with Gasteiger partial charge in [0, 0.05) is 12.2 Å². The van der Waals surface area contributed by atoms with Gasteiger partial charge in [0.2, 0.25) is 5.91 Å². The molecule has 1 fully saturated rings. The van der Waals surface area contributed by atoms with E-state index < -0.39 is 10.2 Å². The van der Waals surface area contributed by atoms with Crippen molar-refractivity contribution in [1.82, 2.24) is 5.32 Å². The van der Waals surface area contributed by atoms with Gasteiger partial charge in [-0.15, -0.1) is 0 Å². The van der Waals surface area contributed by atoms with Gasteiger partial charge in [-0.05, 0) is 37.6 Å². The number of nitrogens with one attached hydrogen (secondary N) is 3. The summed E-state index contributed by atoms with van der Waals surface area (Å²) in [7, 11) is -3.82. The number of benzene rings is 1. The molecule has 5 N–H and O–H groups in total. The summed E-state index contributed by atoms with van der Waals surface area (Å²) in [5.74, 6) is -0.122. The molecular formula is C12H18N4O3S. The van der Waals surface area contributed by atoms with E-state index in [1.165, 1.54) is 6.07 Å². The fourth-order valence-electron chi connectivity index (χ4n) is 2.14. The molecule has 20 heavy (non-hydrogen) atoms. The lowest BCUT2D eigenvalue weighted by Crippen LogP contribution is -2.37. The van der Waals surface area contributed by atoms with Gasteiger partial charge in [0.25, 0.3) is 10.2 Å². The first kappa shape index (κ1) is 14.8. The SMILES string of the molecule is NS(=O)(=O)Nc1cccc(NC(=O)[C@@H]2CCCNC2)c1. The highest BCUT2D eigenvalue weighted by Crippen LogP contribution is 2.18. The number of carbonyl (C=O) groups excluding carboxylic acids is 1. The highest BCUT2D eigenvalue weighted by Gasteiger charge is 2.20. The van der Waals surface area contributed by atoms with Crippen molar-refractivity contribution >= 4 is 27.5 Å². The van der Waals surface area contributed by atoms with Crippen molar-refractivity contribution in [2.45, 2.75) is 12.8 Å². The molecule has 2 rings (SSSR count). The van der Waals surface area contributed by atoms with Crippen molar-refractivity contribution in [3.8, 4) is 0 Å². The van der Waals surface area contributed by atoms with Crippen LogP contribution in [0.3, 0.4) is 0 Å². The molecule has 8 heteroatoms. The predicted octanol–water partition coefficient (Wildman–Crippen LogP) is 0.240. The Balaban J connectivity index is 2.02. The van der Waals surface area contributed by atoms with E-state index in [-0.39, 0.29) is 11.8 Å². The van der Waals surface area contributed by atoms with E-state index >= 15 is 0 Å². The Hall–Kier alpha value is -1.64. The van der Waals surface area contributed by atoms with Crippen LogP contribution in [0.4, 0.5) is 11.4 Å². The molecule has 0 aromatic heterocycles. The zero-order valence-electron chi connectivity index (χ0n) is 10.9. The monoisotopic (exact) mass is 298 g/mol. The van der Waals surface area contributed by atoms with Crippen molar-refractivity contribution in [3.63, 3.8) is 0 Å². The molecule has 0 unspecified atom stereocenters. The maximum absolute atomic E-state index is 12.0. The van der Waals surface area contributed by atoms with Crippen LogP contribution >= 0.6 is 0 Å². The van der Waals surface area contributed by atoms with Crippen LogP contribution in [0.25, 0.3) is 0 Å². The number of piperidine rings is 1. The Bertz CT molecular complexity index is 582. The Morgan fingerprint density at radius 1 is 1.35 bits per heavy atom. The number of hydrogen-bond acceptors (Lipinski definition) is 4. The third kappa shape index (κ3) is 4.48.